The van der Waals surface area contributed by atoms with Crippen LogP contribution in [0, 0.1) is 6.92 Å². The molecule has 0 saturated heterocycles. The summed E-state index contributed by atoms with van der Waals surface area (Å²) >= 11 is 0. The highest BCUT2D eigenvalue weighted by Gasteiger charge is 2.28. The van der Waals surface area contributed by atoms with Gasteiger partial charge in [0.15, 0.2) is 0 Å². The lowest BCUT2D eigenvalue weighted by molar-refractivity contribution is 0.576. The first-order chi connectivity index (χ1) is 8.87. The topological polar surface area (TPSA) is 44.9 Å². The molecule has 1 aromatic carbocycles. The number of fused-ring (bicyclic) bond motifs is 3. The van der Waals surface area contributed by atoms with E-state index in [2.05, 4.69) is 42.9 Å². The molecule has 0 amide bonds. The van der Waals surface area contributed by atoms with Gasteiger partial charge in [-0.2, -0.15) is 0 Å². The summed E-state index contributed by atoms with van der Waals surface area (Å²) in [5, 5.41) is 4.60. The van der Waals surface area contributed by atoms with Crippen LogP contribution in [0.3, 0.4) is 0 Å². The molecule has 0 spiro atoms. The Kier molecular flexibility index (Phi) is 2.36. The largest absolute Gasteiger partial charge is 0.379 e. The summed E-state index contributed by atoms with van der Waals surface area (Å²) < 4.78 is 0. The zero-order chi connectivity index (χ0) is 13.8. The van der Waals surface area contributed by atoms with Gasteiger partial charge in [0.2, 0.25) is 5.56 Å². The van der Waals surface area contributed by atoms with Gasteiger partial charge in [0.1, 0.15) is 0 Å². The van der Waals surface area contributed by atoms with Crippen LogP contribution < -0.4 is 10.9 Å². The van der Waals surface area contributed by atoms with Crippen LogP contribution in [0.5, 0.6) is 0 Å². The van der Waals surface area contributed by atoms with E-state index in [-0.39, 0.29) is 11.1 Å². The number of hydrogen-bond acceptors (Lipinski definition) is 2. The van der Waals surface area contributed by atoms with Gasteiger partial charge in [-0.05, 0) is 44.4 Å². The van der Waals surface area contributed by atoms with Crippen molar-refractivity contribution in [1.29, 1.82) is 0 Å². The fourth-order valence-corrected chi connectivity index (χ4v) is 3.00. The predicted octanol–water partition coefficient (Wildman–Crippen LogP) is 3.44. The molecule has 2 N–H and O–H groups in total. The third kappa shape index (κ3) is 1.86. The lowest BCUT2D eigenvalue weighted by atomic mass is 9.84. The van der Waals surface area contributed by atoms with Crippen LogP contribution in [0.15, 0.2) is 29.6 Å². The number of aryl methyl sites for hydroxylation is 1. The van der Waals surface area contributed by atoms with E-state index >= 15 is 0 Å². The molecule has 3 rings (SSSR count). The molecule has 1 aliphatic rings. The summed E-state index contributed by atoms with van der Waals surface area (Å²) in [6.07, 6.45) is 0.870. The molecule has 0 unspecified atom stereocenters. The van der Waals surface area contributed by atoms with E-state index in [1.807, 2.05) is 6.92 Å². The Balaban J connectivity index is 2.39. The number of H-pyrrole nitrogens is 1. The monoisotopic (exact) mass is 254 g/mol. The van der Waals surface area contributed by atoms with Gasteiger partial charge in [-0.1, -0.05) is 12.6 Å². The Morgan fingerprint density at radius 3 is 2.79 bits per heavy atom. The van der Waals surface area contributed by atoms with E-state index < -0.39 is 0 Å². The smallest absolute Gasteiger partial charge is 0.248 e. The second-order valence-electron chi connectivity index (χ2n) is 6.02. The average molecular weight is 254 g/mol. The maximum Gasteiger partial charge on any atom is 0.248 e. The van der Waals surface area contributed by atoms with Gasteiger partial charge in [-0.3, -0.25) is 4.79 Å². The van der Waals surface area contributed by atoms with E-state index in [1.165, 1.54) is 0 Å². The molecule has 0 atom stereocenters. The van der Waals surface area contributed by atoms with Crippen molar-refractivity contribution in [3.8, 4) is 0 Å². The molecule has 1 aromatic heterocycles. The van der Waals surface area contributed by atoms with Crippen LogP contribution in [-0.4, -0.2) is 10.5 Å². The summed E-state index contributed by atoms with van der Waals surface area (Å²) in [5.74, 6) is 0. The third-order valence-corrected chi connectivity index (χ3v) is 3.71. The van der Waals surface area contributed by atoms with Crippen molar-refractivity contribution in [2.45, 2.75) is 32.7 Å². The molecule has 0 bridgehead atoms. The number of aromatic nitrogens is 1. The lowest BCUT2D eigenvalue weighted by Gasteiger charge is -2.35. The number of anilines is 1. The van der Waals surface area contributed by atoms with E-state index in [4.69, 9.17) is 0 Å². The van der Waals surface area contributed by atoms with Crippen LogP contribution in [0.1, 0.15) is 31.4 Å². The van der Waals surface area contributed by atoms with E-state index in [0.29, 0.717) is 0 Å². The SMILES string of the molecule is C=C1CC(C)(C)Nc2ccc3c(C)cc(=O)[nH]c3c21. The number of rotatable bonds is 0. The maximum absolute atomic E-state index is 11.7. The highest BCUT2D eigenvalue weighted by atomic mass is 16.1. The summed E-state index contributed by atoms with van der Waals surface area (Å²) in [7, 11) is 0. The molecule has 2 heterocycles. The van der Waals surface area contributed by atoms with Crippen molar-refractivity contribution >= 4 is 22.2 Å². The zero-order valence-electron chi connectivity index (χ0n) is 11.6. The first kappa shape index (κ1) is 12.0. The van der Waals surface area contributed by atoms with Gasteiger partial charge in [0.25, 0.3) is 0 Å². The number of hydrogen-bond donors (Lipinski definition) is 2. The molecule has 0 fully saturated rings. The Bertz CT molecular complexity index is 753. The van der Waals surface area contributed by atoms with Crippen molar-refractivity contribution in [2.24, 2.45) is 0 Å². The molecule has 0 saturated carbocycles. The fraction of sp³-hybridized carbons (Fsp3) is 0.312. The molecule has 3 heteroatoms. The normalized spacial score (nSPS) is 17.1. The quantitative estimate of drug-likeness (QED) is 0.756. The molecule has 2 aromatic rings. The molecule has 0 aliphatic carbocycles. The standard InChI is InChI=1S/C16H18N2O/c1-9-7-13(19)17-15-11(9)5-6-12-14(15)10(2)8-16(3,4)18-12/h5-7,18H,2,8H2,1,3-4H3,(H,17,19). The minimum absolute atomic E-state index is 0.00186. The minimum atomic E-state index is -0.0592. The van der Waals surface area contributed by atoms with Crippen LogP contribution in [-0.2, 0) is 0 Å². The number of nitrogens with one attached hydrogen (secondary N) is 2. The van der Waals surface area contributed by atoms with Crippen molar-refractivity contribution in [1.82, 2.24) is 4.98 Å². The summed E-state index contributed by atoms with van der Waals surface area (Å²) in [6.45, 7) is 10.5. The Morgan fingerprint density at radius 2 is 2.05 bits per heavy atom. The second kappa shape index (κ2) is 3.73. The van der Waals surface area contributed by atoms with Crippen molar-refractivity contribution < 1.29 is 0 Å². The second-order valence-corrected chi connectivity index (χ2v) is 6.02. The average Bonchev–Trinajstić information content (AvgIpc) is 2.25. The minimum Gasteiger partial charge on any atom is -0.379 e. The van der Waals surface area contributed by atoms with Gasteiger partial charge in [-0.25, -0.2) is 0 Å². The Morgan fingerprint density at radius 1 is 1.32 bits per heavy atom. The van der Waals surface area contributed by atoms with E-state index in [1.54, 1.807) is 6.07 Å². The highest BCUT2D eigenvalue weighted by Crippen LogP contribution is 2.40. The maximum atomic E-state index is 11.7. The van der Waals surface area contributed by atoms with Gasteiger partial charge in [-0.15, -0.1) is 0 Å². The van der Waals surface area contributed by atoms with Crippen LogP contribution in [0.4, 0.5) is 5.69 Å². The summed E-state index contributed by atoms with van der Waals surface area (Å²) in [6, 6.07) is 5.77. The molecule has 19 heavy (non-hydrogen) atoms. The van der Waals surface area contributed by atoms with Crippen molar-refractivity contribution in [3.63, 3.8) is 0 Å². The summed E-state index contributed by atoms with van der Waals surface area (Å²) in [4.78, 5) is 14.7. The van der Waals surface area contributed by atoms with E-state index in [9.17, 15) is 4.79 Å². The lowest BCUT2D eigenvalue weighted by Crippen LogP contribution is -2.34. The molecular formula is C16H18N2O. The van der Waals surface area contributed by atoms with Crippen LogP contribution in [0.25, 0.3) is 16.5 Å². The molecular weight excluding hydrogens is 236 g/mol. The molecule has 0 radical (unpaired) electrons. The highest BCUT2D eigenvalue weighted by molar-refractivity contribution is 5.99. The van der Waals surface area contributed by atoms with Gasteiger partial charge in [0, 0.05) is 28.2 Å². The van der Waals surface area contributed by atoms with Gasteiger partial charge >= 0.3 is 0 Å². The van der Waals surface area contributed by atoms with Gasteiger partial charge < -0.3 is 10.3 Å². The predicted molar refractivity (Wildman–Crippen MR) is 80.7 cm³/mol. The first-order valence-electron chi connectivity index (χ1n) is 6.50. The third-order valence-electron chi connectivity index (χ3n) is 3.71. The number of aromatic amines is 1. The van der Waals surface area contributed by atoms with Crippen molar-refractivity contribution in [3.05, 3.63) is 46.3 Å². The zero-order valence-corrected chi connectivity index (χ0v) is 11.6. The molecule has 1 aliphatic heterocycles. The molecule has 98 valence electrons. The number of benzene rings is 1. The van der Waals surface area contributed by atoms with Crippen LogP contribution in [0.2, 0.25) is 0 Å². The number of pyridine rings is 1. The first-order valence-corrected chi connectivity index (χ1v) is 6.50. The van der Waals surface area contributed by atoms with Gasteiger partial charge in [0.05, 0.1) is 5.52 Å². The fourth-order valence-electron chi connectivity index (χ4n) is 3.00. The summed E-state index contributed by atoms with van der Waals surface area (Å²) in [5.41, 5.74) is 5.02. The van der Waals surface area contributed by atoms with E-state index in [0.717, 1.165) is 39.7 Å². The Labute approximate surface area is 112 Å². The molecule has 3 nitrogen and oxygen atoms in total. The van der Waals surface area contributed by atoms with Crippen LogP contribution >= 0.6 is 0 Å². The Hall–Kier alpha value is -2.03. The van der Waals surface area contributed by atoms with Crippen molar-refractivity contribution in [2.75, 3.05) is 5.32 Å².